The molecule has 0 aromatic carbocycles. The van der Waals surface area contributed by atoms with Gasteiger partial charge in [0, 0.05) is 36.8 Å². The number of ether oxygens (including phenoxy) is 1. The lowest BCUT2D eigenvalue weighted by molar-refractivity contribution is -0.123. The average Bonchev–Trinajstić information content (AvgIpc) is 2.61. The maximum Gasteiger partial charge on any atom is 0.251 e. The highest BCUT2D eigenvalue weighted by Crippen LogP contribution is 2.22. The van der Waals surface area contributed by atoms with E-state index in [1.54, 1.807) is 18.3 Å². The van der Waals surface area contributed by atoms with Crippen molar-refractivity contribution >= 4 is 11.8 Å². The zero-order chi connectivity index (χ0) is 16.8. The summed E-state index contributed by atoms with van der Waals surface area (Å²) in [5.74, 6) is 0.416. The maximum absolute atomic E-state index is 12.3. The molecule has 24 heavy (non-hydrogen) atoms. The van der Waals surface area contributed by atoms with Crippen LogP contribution in [0.5, 0.6) is 5.88 Å². The van der Waals surface area contributed by atoms with Crippen molar-refractivity contribution in [2.75, 3.05) is 6.54 Å². The lowest BCUT2D eigenvalue weighted by Gasteiger charge is -2.23. The Morgan fingerprint density at radius 3 is 2.88 bits per heavy atom. The van der Waals surface area contributed by atoms with Crippen LogP contribution < -0.4 is 15.4 Å². The van der Waals surface area contributed by atoms with E-state index in [-0.39, 0.29) is 24.0 Å². The third-order valence-electron chi connectivity index (χ3n) is 4.67. The Morgan fingerprint density at radius 2 is 2.08 bits per heavy atom. The molecule has 2 aliphatic rings. The van der Waals surface area contributed by atoms with Crippen LogP contribution in [0.15, 0.2) is 18.3 Å². The van der Waals surface area contributed by atoms with E-state index < -0.39 is 0 Å². The van der Waals surface area contributed by atoms with Crippen LogP contribution in [-0.4, -0.2) is 35.5 Å². The summed E-state index contributed by atoms with van der Waals surface area (Å²) in [6.07, 6.45) is 9.94. The van der Waals surface area contributed by atoms with E-state index in [0.717, 1.165) is 25.7 Å². The van der Waals surface area contributed by atoms with E-state index in [2.05, 4.69) is 15.6 Å². The fourth-order valence-corrected chi connectivity index (χ4v) is 3.32. The van der Waals surface area contributed by atoms with E-state index in [1.165, 1.54) is 19.3 Å². The van der Waals surface area contributed by atoms with Gasteiger partial charge in [-0.1, -0.05) is 6.42 Å². The van der Waals surface area contributed by atoms with Gasteiger partial charge in [-0.15, -0.1) is 0 Å². The molecule has 2 N–H and O–H groups in total. The van der Waals surface area contributed by atoms with Gasteiger partial charge in [0.05, 0.1) is 0 Å². The Labute approximate surface area is 142 Å². The average molecular weight is 331 g/mol. The monoisotopic (exact) mass is 331 g/mol. The van der Waals surface area contributed by atoms with Crippen LogP contribution in [0.3, 0.4) is 0 Å². The number of nitrogens with one attached hydrogen (secondary N) is 2. The summed E-state index contributed by atoms with van der Waals surface area (Å²) in [6, 6.07) is 3.40. The number of carbonyl (C=O) groups excluding carboxylic acids is 2. The van der Waals surface area contributed by atoms with E-state index in [1.807, 2.05) is 0 Å². The molecule has 3 rings (SSSR count). The number of hydrogen-bond acceptors (Lipinski definition) is 4. The normalized spacial score (nSPS) is 21.8. The Kier molecular flexibility index (Phi) is 5.67. The highest BCUT2D eigenvalue weighted by molar-refractivity contribution is 5.94. The molecule has 1 aromatic rings. The van der Waals surface area contributed by atoms with Gasteiger partial charge in [0.2, 0.25) is 11.8 Å². The second-order valence-corrected chi connectivity index (χ2v) is 6.63. The lowest BCUT2D eigenvalue weighted by atomic mass is 9.98. The summed E-state index contributed by atoms with van der Waals surface area (Å²) >= 11 is 0. The van der Waals surface area contributed by atoms with E-state index >= 15 is 0 Å². The van der Waals surface area contributed by atoms with Gasteiger partial charge in [-0.3, -0.25) is 9.59 Å². The standard InChI is InChI=1S/C18H25N3O3/c22-16-8-4-5-14(21-16)12-20-18(23)13-9-10-19-17(11-13)24-15-6-2-1-3-7-15/h9-11,14-15H,1-8,12H2,(H,20,23)(H,21,22)/t14-/m1/s1. The summed E-state index contributed by atoms with van der Waals surface area (Å²) < 4.78 is 5.91. The van der Waals surface area contributed by atoms with Crippen molar-refractivity contribution in [3.8, 4) is 5.88 Å². The van der Waals surface area contributed by atoms with Crippen molar-refractivity contribution in [2.45, 2.75) is 63.5 Å². The molecule has 1 aliphatic carbocycles. The number of rotatable bonds is 5. The lowest BCUT2D eigenvalue weighted by Crippen LogP contribution is -2.46. The highest BCUT2D eigenvalue weighted by Gasteiger charge is 2.19. The highest BCUT2D eigenvalue weighted by atomic mass is 16.5. The van der Waals surface area contributed by atoms with E-state index in [4.69, 9.17) is 4.74 Å². The predicted molar refractivity (Wildman–Crippen MR) is 89.9 cm³/mol. The van der Waals surface area contributed by atoms with Gasteiger partial charge in [-0.25, -0.2) is 4.98 Å². The Hall–Kier alpha value is -2.11. The molecule has 1 atom stereocenters. The maximum atomic E-state index is 12.3. The molecule has 1 saturated carbocycles. The van der Waals surface area contributed by atoms with Crippen molar-refractivity contribution in [2.24, 2.45) is 0 Å². The molecule has 0 spiro atoms. The van der Waals surface area contributed by atoms with Crippen LogP contribution >= 0.6 is 0 Å². The zero-order valence-electron chi connectivity index (χ0n) is 13.9. The van der Waals surface area contributed by atoms with Gasteiger partial charge in [-0.05, 0) is 44.6 Å². The Morgan fingerprint density at radius 1 is 1.25 bits per heavy atom. The number of nitrogens with zero attached hydrogens (tertiary/aromatic N) is 1. The molecular weight excluding hydrogens is 306 g/mol. The van der Waals surface area contributed by atoms with Gasteiger partial charge >= 0.3 is 0 Å². The number of pyridine rings is 1. The van der Waals surface area contributed by atoms with Gasteiger partial charge in [0.1, 0.15) is 6.10 Å². The predicted octanol–water partition coefficient (Wildman–Crippen LogP) is 2.19. The summed E-state index contributed by atoms with van der Waals surface area (Å²) in [5.41, 5.74) is 0.540. The SMILES string of the molecule is O=C1CCC[C@H](CNC(=O)c2ccnc(OC3CCCCC3)c2)N1. The van der Waals surface area contributed by atoms with Crippen molar-refractivity contribution in [3.05, 3.63) is 23.9 Å². The molecule has 1 aromatic heterocycles. The minimum absolute atomic E-state index is 0.0231. The van der Waals surface area contributed by atoms with Gasteiger partial charge in [-0.2, -0.15) is 0 Å². The molecular formula is C18H25N3O3. The number of hydrogen-bond donors (Lipinski definition) is 2. The molecule has 1 aliphatic heterocycles. The van der Waals surface area contributed by atoms with Gasteiger partial charge in [0.25, 0.3) is 5.91 Å². The first kappa shape index (κ1) is 16.7. The molecule has 2 fully saturated rings. The van der Waals surface area contributed by atoms with Crippen LogP contribution in [-0.2, 0) is 4.79 Å². The van der Waals surface area contributed by atoms with Crippen molar-refractivity contribution in [1.29, 1.82) is 0 Å². The molecule has 0 radical (unpaired) electrons. The number of amides is 2. The van der Waals surface area contributed by atoms with Crippen LogP contribution in [0.1, 0.15) is 61.7 Å². The molecule has 6 heteroatoms. The number of aromatic nitrogens is 1. The Bertz CT molecular complexity index is 585. The molecule has 2 heterocycles. The van der Waals surface area contributed by atoms with Crippen molar-refractivity contribution < 1.29 is 14.3 Å². The zero-order valence-corrected chi connectivity index (χ0v) is 13.9. The molecule has 1 saturated heterocycles. The molecule has 0 bridgehead atoms. The van der Waals surface area contributed by atoms with Crippen molar-refractivity contribution in [1.82, 2.24) is 15.6 Å². The van der Waals surface area contributed by atoms with Crippen molar-refractivity contribution in [3.63, 3.8) is 0 Å². The summed E-state index contributed by atoms with van der Waals surface area (Å²) in [7, 11) is 0. The second kappa shape index (κ2) is 8.13. The number of piperidine rings is 1. The quantitative estimate of drug-likeness (QED) is 0.867. The second-order valence-electron chi connectivity index (χ2n) is 6.63. The first-order chi connectivity index (χ1) is 11.7. The first-order valence-corrected chi connectivity index (χ1v) is 8.91. The summed E-state index contributed by atoms with van der Waals surface area (Å²) in [6.45, 7) is 0.450. The smallest absolute Gasteiger partial charge is 0.251 e. The Balaban J connectivity index is 1.52. The summed E-state index contributed by atoms with van der Waals surface area (Å²) in [5, 5.41) is 5.78. The third kappa shape index (κ3) is 4.69. The van der Waals surface area contributed by atoms with Crippen LogP contribution in [0.4, 0.5) is 0 Å². The largest absolute Gasteiger partial charge is 0.474 e. The molecule has 6 nitrogen and oxygen atoms in total. The van der Waals surface area contributed by atoms with Gasteiger partial charge in [0.15, 0.2) is 0 Å². The first-order valence-electron chi connectivity index (χ1n) is 8.91. The number of carbonyl (C=O) groups is 2. The fraction of sp³-hybridized carbons (Fsp3) is 0.611. The minimum atomic E-state index is -0.161. The fourth-order valence-electron chi connectivity index (χ4n) is 3.32. The topological polar surface area (TPSA) is 80.3 Å². The minimum Gasteiger partial charge on any atom is -0.474 e. The van der Waals surface area contributed by atoms with E-state index in [9.17, 15) is 9.59 Å². The molecule has 2 amide bonds. The van der Waals surface area contributed by atoms with Crippen LogP contribution in [0.2, 0.25) is 0 Å². The third-order valence-corrected chi connectivity index (χ3v) is 4.67. The summed E-state index contributed by atoms with van der Waals surface area (Å²) in [4.78, 5) is 27.9. The molecule has 130 valence electrons. The van der Waals surface area contributed by atoms with E-state index in [0.29, 0.717) is 24.4 Å². The van der Waals surface area contributed by atoms with Gasteiger partial charge < -0.3 is 15.4 Å². The molecule has 0 unspecified atom stereocenters. The van der Waals surface area contributed by atoms with Crippen LogP contribution in [0.25, 0.3) is 0 Å². The van der Waals surface area contributed by atoms with Crippen LogP contribution in [0, 0.1) is 0 Å².